The van der Waals surface area contributed by atoms with Crippen molar-refractivity contribution in [2.45, 2.75) is 38.6 Å². The van der Waals surface area contributed by atoms with Gasteiger partial charge >= 0.3 is 0 Å². The Balaban J connectivity index is 1.64. The highest BCUT2D eigenvalue weighted by Gasteiger charge is 2.32. The van der Waals surface area contributed by atoms with Crippen LogP contribution >= 0.6 is 0 Å². The largest absolute Gasteiger partial charge is 0.550 e. The smallest absolute Gasteiger partial charge is 0.251 e. The summed E-state index contributed by atoms with van der Waals surface area (Å²) in [5.41, 5.74) is 3.83. The molecule has 1 atom stereocenters. The number of nitrogens with one attached hydrogen (secondary N) is 1. The van der Waals surface area contributed by atoms with Crippen LogP contribution in [0.2, 0.25) is 0 Å². The van der Waals surface area contributed by atoms with E-state index in [1.165, 1.54) is 5.01 Å². The number of hydrazone groups is 1. The molecule has 2 heterocycles. The number of carboxylic acid groups (broad SMARTS) is 1. The Hall–Kier alpha value is -3.74. The van der Waals surface area contributed by atoms with Gasteiger partial charge in [-0.05, 0) is 42.5 Å². The summed E-state index contributed by atoms with van der Waals surface area (Å²) in [6, 6.07) is 16.8. The van der Waals surface area contributed by atoms with Crippen molar-refractivity contribution >= 4 is 28.5 Å². The third-order valence-corrected chi connectivity index (χ3v) is 5.44. The molecule has 31 heavy (non-hydrogen) atoms. The molecule has 1 N–H and O–H groups in total. The maximum Gasteiger partial charge on any atom is 0.251 e. The fraction of sp³-hybridized carbons (Fsp3) is 0.250. The summed E-state index contributed by atoms with van der Waals surface area (Å²) in [6.07, 6.45) is 0.230. The molecule has 0 saturated heterocycles. The van der Waals surface area contributed by atoms with E-state index in [2.05, 4.69) is 10.1 Å². The summed E-state index contributed by atoms with van der Waals surface area (Å²) in [7, 11) is 0. The summed E-state index contributed by atoms with van der Waals surface area (Å²) >= 11 is 0. The molecule has 4 rings (SSSR count). The van der Waals surface area contributed by atoms with E-state index in [9.17, 15) is 19.5 Å². The number of rotatable bonds is 6. The molecule has 7 nitrogen and oxygen atoms in total. The van der Waals surface area contributed by atoms with Crippen molar-refractivity contribution in [3.63, 3.8) is 0 Å². The number of carbonyl (C=O) groups is 2. The highest BCUT2D eigenvalue weighted by atomic mass is 16.4. The number of pyridine rings is 1. The maximum atomic E-state index is 12.7. The number of nitrogens with zero attached hydrogens (tertiary/aromatic N) is 2. The first-order valence-electron chi connectivity index (χ1n) is 10.2. The lowest BCUT2D eigenvalue weighted by atomic mass is 9.98. The molecule has 1 aliphatic rings. The standard InChI is InChI=1S/C24H23N3O4/c1-15-7-8-20-17(11-15)12-18(24(31)25-20)13-19-14-21(16-5-3-2-4-6-16)26-27(19)22(28)9-10-23(29)30/h2-8,11-12,19H,9-10,13-14H2,1H3,(H,25,31)(H,29,30)/p-1/t19-/m0/s1. The average Bonchev–Trinajstić information content (AvgIpc) is 3.17. The monoisotopic (exact) mass is 416 g/mol. The molecule has 0 spiro atoms. The summed E-state index contributed by atoms with van der Waals surface area (Å²) < 4.78 is 0. The van der Waals surface area contributed by atoms with Crippen molar-refractivity contribution < 1.29 is 14.7 Å². The van der Waals surface area contributed by atoms with Crippen LogP contribution in [0, 0.1) is 6.92 Å². The Morgan fingerprint density at radius 2 is 1.90 bits per heavy atom. The second kappa shape index (κ2) is 8.55. The lowest BCUT2D eigenvalue weighted by Gasteiger charge is -2.21. The van der Waals surface area contributed by atoms with Gasteiger partial charge in [0.05, 0.1) is 11.8 Å². The third kappa shape index (κ3) is 4.55. The molecule has 1 aliphatic heterocycles. The molecular weight excluding hydrogens is 394 g/mol. The topological polar surface area (TPSA) is 106 Å². The molecule has 0 unspecified atom stereocenters. The van der Waals surface area contributed by atoms with Gasteiger partial charge in [0.15, 0.2) is 0 Å². The van der Waals surface area contributed by atoms with Crippen LogP contribution in [0.5, 0.6) is 0 Å². The SMILES string of the molecule is Cc1ccc2[nH]c(=O)c(C[C@H]3CC(c4ccccc4)=NN3C(=O)CCC(=O)[O-])cc2c1. The zero-order valence-electron chi connectivity index (χ0n) is 17.1. The van der Waals surface area contributed by atoms with Crippen molar-refractivity contribution in [1.82, 2.24) is 9.99 Å². The van der Waals surface area contributed by atoms with Crippen LogP contribution in [-0.2, 0) is 16.0 Å². The molecule has 1 aromatic heterocycles. The van der Waals surface area contributed by atoms with Crippen molar-refractivity contribution in [3.05, 3.63) is 81.6 Å². The fourth-order valence-corrected chi connectivity index (χ4v) is 3.89. The van der Waals surface area contributed by atoms with Gasteiger partial charge in [-0.15, -0.1) is 0 Å². The molecule has 3 aromatic rings. The van der Waals surface area contributed by atoms with E-state index in [1.807, 2.05) is 61.5 Å². The highest BCUT2D eigenvalue weighted by Crippen LogP contribution is 2.24. The summed E-state index contributed by atoms with van der Waals surface area (Å²) in [5.74, 6) is -1.68. The molecule has 0 aliphatic carbocycles. The maximum absolute atomic E-state index is 12.7. The number of aromatic nitrogens is 1. The normalized spacial score (nSPS) is 15.8. The van der Waals surface area contributed by atoms with Crippen LogP contribution in [-0.4, -0.2) is 33.6 Å². The van der Waals surface area contributed by atoms with Gasteiger partial charge < -0.3 is 14.9 Å². The number of carbonyl (C=O) groups excluding carboxylic acids is 2. The second-order valence-corrected chi connectivity index (χ2v) is 7.80. The lowest BCUT2D eigenvalue weighted by molar-refractivity contribution is -0.305. The first-order valence-corrected chi connectivity index (χ1v) is 10.2. The van der Waals surface area contributed by atoms with E-state index in [4.69, 9.17) is 0 Å². The van der Waals surface area contributed by atoms with Gasteiger partial charge in [0, 0.05) is 36.3 Å². The molecule has 0 fully saturated rings. The van der Waals surface area contributed by atoms with Crippen LogP contribution < -0.4 is 10.7 Å². The van der Waals surface area contributed by atoms with Gasteiger partial charge in [-0.2, -0.15) is 5.10 Å². The quantitative estimate of drug-likeness (QED) is 0.663. The van der Waals surface area contributed by atoms with E-state index < -0.39 is 11.9 Å². The van der Waals surface area contributed by atoms with Gasteiger partial charge in [-0.1, -0.05) is 42.0 Å². The van der Waals surface area contributed by atoms with Gasteiger partial charge in [-0.25, -0.2) is 5.01 Å². The molecule has 0 radical (unpaired) electrons. The van der Waals surface area contributed by atoms with E-state index in [1.54, 1.807) is 0 Å². The number of aliphatic carboxylic acids is 1. The number of aromatic amines is 1. The van der Waals surface area contributed by atoms with E-state index in [0.717, 1.165) is 27.7 Å². The van der Waals surface area contributed by atoms with Gasteiger partial charge in [-0.3, -0.25) is 9.59 Å². The fourth-order valence-electron chi connectivity index (χ4n) is 3.89. The van der Waals surface area contributed by atoms with Gasteiger partial charge in [0.25, 0.3) is 5.56 Å². The summed E-state index contributed by atoms with van der Waals surface area (Å²) in [6.45, 7) is 1.98. The highest BCUT2D eigenvalue weighted by molar-refractivity contribution is 6.03. The van der Waals surface area contributed by atoms with E-state index in [0.29, 0.717) is 18.4 Å². The first kappa shape index (κ1) is 20.5. The number of hydrogen-bond donors (Lipinski definition) is 1. The third-order valence-electron chi connectivity index (χ3n) is 5.44. The zero-order chi connectivity index (χ0) is 22.0. The summed E-state index contributed by atoms with van der Waals surface area (Å²) in [4.78, 5) is 39.1. The number of amides is 1. The van der Waals surface area contributed by atoms with E-state index in [-0.39, 0.29) is 24.4 Å². The molecule has 158 valence electrons. The molecule has 0 saturated carbocycles. The van der Waals surface area contributed by atoms with Crippen molar-refractivity contribution in [1.29, 1.82) is 0 Å². The molecule has 0 bridgehead atoms. The number of fused-ring (bicyclic) bond motifs is 1. The molecular formula is C24H22N3O4-. The van der Waals surface area contributed by atoms with Crippen LogP contribution in [0.1, 0.15) is 36.0 Å². The van der Waals surface area contributed by atoms with E-state index >= 15 is 0 Å². The van der Waals surface area contributed by atoms with Crippen molar-refractivity contribution in [2.75, 3.05) is 0 Å². The number of aryl methyl sites for hydroxylation is 1. The molecule has 7 heteroatoms. The predicted octanol–water partition coefficient (Wildman–Crippen LogP) is 1.91. The predicted molar refractivity (Wildman–Crippen MR) is 115 cm³/mol. The Bertz CT molecular complexity index is 1230. The number of benzene rings is 2. The minimum absolute atomic E-state index is 0.197. The van der Waals surface area contributed by atoms with Crippen molar-refractivity contribution in [2.24, 2.45) is 5.10 Å². The second-order valence-electron chi connectivity index (χ2n) is 7.80. The van der Waals surface area contributed by atoms with Crippen LogP contribution in [0.25, 0.3) is 10.9 Å². The molecule has 1 amide bonds. The number of H-pyrrole nitrogens is 1. The Kier molecular flexibility index (Phi) is 5.66. The number of hydrogen-bond acceptors (Lipinski definition) is 5. The van der Waals surface area contributed by atoms with Gasteiger partial charge in [0.2, 0.25) is 5.91 Å². The van der Waals surface area contributed by atoms with Crippen LogP contribution in [0.15, 0.2) is 64.5 Å². The number of carboxylic acids is 1. The zero-order valence-corrected chi connectivity index (χ0v) is 17.1. The lowest BCUT2D eigenvalue weighted by Crippen LogP contribution is -2.36. The van der Waals surface area contributed by atoms with Crippen molar-refractivity contribution in [3.8, 4) is 0 Å². The van der Waals surface area contributed by atoms with Crippen LogP contribution in [0.4, 0.5) is 0 Å². The molecule has 2 aromatic carbocycles. The minimum atomic E-state index is -1.28. The van der Waals surface area contributed by atoms with Crippen LogP contribution in [0.3, 0.4) is 0 Å². The Morgan fingerprint density at radius 3 is 2.65 bits per heavy atom. The Labute approximate surface area is 179 Å². The minimum Gasteiger partial charge on any atom is -0.550 e. The van der Waals surface area contributed by atoms with Gasteiger partial charge in [0.1, 0.15) is 0 Å². The Morgan fingerprint density at radius 1 is 1.13 bits per heavy atom. The summed E-state index contributed by atoms with van der Waals surface area (Å²) in [5, 5.41) is 17.6. The average molecular weight is 416 g/mol. The first-order chi connectivity index (χ1) is 14.9.